The number of ketones is 1. The largest absolute Gasteiger partial charge is 0.497 e. The summed E-state index contributed by atoms with van der Waals surface area (Å²) in [7, 11) is 4.49. The Balaban J connectivity index is 2.21. The van der Waals surface area contributed by atoms with Crippen LogP contribution in [0.4, 0.5) is 0 Å². The van der Waals surface area contributed by atoms with Gasteiger partial charge in [0.2, 0.25) is 29.5 Å². The summed E-state index contributed by atoms with van der Waals surface area (Å²) in [6, 6.07) is -0.0137. The fourth-order valence-electron chi connectivity index (χ4n) is 7.88. The number of ether oxygens (including phenoxy) is 3. The van der Waals surface area contributed by atoms with Crippen molar-refractivity contribution in [2.75, 3.05) is 27.7 Å². The number of benzene rings is 1. The number of likely N-dealkylation sites (N-methyl/N-ethyl adjacent to an activating group) is 2. The molecule has 3 rings (SSSR count). The third kappa shape index (κ3) is 13.9. The Hall–Kier alpha value is -5.10. The Morgan fingerprint density at radius 3 is 2.14 bits per heavy atom. The average Bonchev–Trinajstić information content (AvgIpc) is 3.75. The number of cyclic esters (lactones) is 2. The number of aliphatic hydroxyl groups excluding tert-OH is 1. The summed E-state index contributed by atoms with van der Waals surface area (Å²) >= 11 is 0. The van der Waals surface area contributed by atoms with E-state index >= 15 is 0 Å². The Bertz CT molecular complexity index is 1810. The first-order valence-electron chi connectivity index (χ1n) is 22.5. The molecule has 2 saturated heterocycles. The summed E-state index contributed by atoms with van der Waals surface area (Å²) in [6.07, 6.45) is -3.68. The molecule has 0 radical (unpaired) electrons. The zero-order valence-electron chi connectivity index (χ0n) is 39.6. The van der Waals surface area contributed by atoms with Gasteiger partial charge >= 0.3 is 11.9 Å². The summed E-state index contributed by atoms with van der Waals surface area (Å²) in [5, 5.41) is 22.5. The lowest BCUT2D eigenvalue weighted by atomic mass is 9.91. The predicted molar refractivity (Wildman–Crippen MR) is 236 cm³/mol. The number of aliphatic hydroxyl groups is 1. The van der Waals surface area contributed by atoms with Crippen LogP contribution in [0.2, 0.25) is 0 Å². The van der Waals surface area contributed by atoms with E-state index in [0.717, 1.165) is 0 Å². The monoisotopic (exact) mass is 901 g/mol. The molecule has 0 bridgehead atoms. The van der Waals surface area contributed by atoms with Crippen LogP contribution in [0, 0.1) is 23.7 Å². The number of nitrogens with zero attached hydrogens (tertiary/aromatic N) is 2. The van der Waals surface area contributed by atoms with Crippen molar-refractivity contribution in [3.8, 4) is 5.75 Å². The van der Waals surface area contributed by atoms with E-state index in [0.29, 0.717) is 24.2 Å². The molecular weight excluding hydrogens is 829 g/mol. The minimum atomic E-state index is -1.55. The molecule has 11 unspecified atom stereocenters. The number of amides is 5. The Kier molecular flexibility index (Phi) is 20.2. The van der Waals surface area contributed by atoms with Crippen molar-refractivity contribution in [2.45, 2.75) is 155 Å². The summed E-state index contributed by atoms with van der Waals surface area (Å²) < 4.78 is 16.9. The Labute approximate surface area is 377 Å². The van der Waals surface area contributed by atoms with Crippen molar-refractivity contribution >= 4 is 47.3 Å². The lowest BCUT2D eigenvalue weighted by molar-refractivity contribution is -0.163. The van der Waals surface area contributed by atoms with Crippen LogP contribution in [0.15, 0.2) is 24.3 Å². The van der Waals surface area contributed by atoms with Crippen LogP contribution in [-0.2, 0) is 54.3 Å². The van der Waals surface area contributed by atoms with Crippen molar-refractivity contribution in [1.82, 2.24) is 31.1 Å². The quantitative estimate of drug-likeness (QED) is 0.157. The average molecular weight is 901 g/mol. The molecule has 358 valence electrons. The molecule has 0 aromatic heterocycles. The van der Waals surface area contributed by atoms with Gasteiger partial charge in [0.15, 0.2) is 11.9 Å². The zero-order valence-corrected chi connectivity index (χ0v) is 39.6. The lowest BCUT2D eigenvalue weighted by Crippen LogP contribution is -2.61. The van der Waals surface area contributed by atoms with Crippen molar-refractivity contribution in [3.05, 3.63) is 29.8 Å². The second-order valence-corrected chi connectivity index (χ2v) is 18.0. The van der Waals surface area contributed by atoms with Crippen molar-refractivity contribution in [1.29, 1.82) is 0 Å². The number of rotatable bonds is 11. The highest BCUT2D eigenvalue weighted by atomic mass is 16.6. The van der Waals surface area contributed by atoms with Gasteiger partial charge in [-0.3, -0.25) is 33.6 Å². The highest BCUT2D eigenvalue weighted by Gasteiger charge is 2.44. The number of carbonyl (C=O) groups excluding carboxylic acids is 8. The molecule has 2 aliphatic rings. The van der Waals surface area contributed by atoms with Gasteiger partial charge in [0.1, 0.15) is 36.0 Å². The van der Waals surface area contributed by atoms with Crippen LogP contribution < -0.4 is 26.0 Å². The van der Waals surface area contributed by atoms with Crippen LogP contribution in [0.1, 0.15) is 100.0 Å². The van der Waals surface area contributed by atoms with Gasteiger partial charge in [0, 0.05) is 20.0 Å². The highest BCUT2D eigenvalue weighted by Crippen LogP contribution is 2.26. The molecule has 2 fully saturated rings. The lowest BCUT2D eigenvalue weighted by Gasteiger charge is -2.35. The van der Waals surface area contributed by atoms with Crippen LogP contribution in [0.5, 0.6) is 5.75 Å². The number of fused-ring (bicyclic) bond motifs is 1. The summed E-state index contributed by atoms with van der Waals surface area (Å²) in [5.74, 6) is -7.86. The SMILES string of the molecule is CCC(C)C1NC(=O)C(NC(=O)C(C)NC)C(C)OC(=O)C(Cc2ccc(OC)cc2)N(C)C(=O)C2CCCN2C(=O)C(CC(C)C)NC(=O)C(C)C(=O)C(C(C)C)OC(=O)CC1O. The first-order chi connectivity index (χ1) is 30.1. The fourth-order valence-corrected chi connectivity index (χ4v) is 7.88. The third-order valence-corrected chi connectivity index (χ3v) is 12.3. The normalized spacial score (nSPS) is 28.5. The summed E-state index contributed by atoms with van der Waals surface area (Å²) in [6.45, 7) is 15.1. The van der Waals surface area contributed by atoms with Crippen molar-refractivity contribution in [2.24, 2.45) is 23.7 Å². The molecule has 1 aromatic carbocycles. The third-order valence-electron chi connectivity index (χ3n) is 12.3. The molecule has 64 heavy (non-hydrogen) atoms. The van der Waals surface area contributed by atoms with E-state index in [-0.39, 0.29) is 31.7 Å². The molecule has 11 atom stereocenters. The zero-order chi connectivity index (χ0) is 48.2. The molecule has 5 N–H and O–H groups in total. The van der Waals surface area contributed by atoms with Crippen molar-refractivity contribution in [3.63, 3.8) is 0 Å². The van der Waals surface area contributed by atoms with E-state index in [2.05, 4.69) is 21.3 Å². The molecule has 5 amide bonds. The van der Waals surface area contributed by atoms with Gasteiger partial charge in [-0.2, -0.15) is 0 Å². The summed E-state index contributed by atoms with van der Waals surface area (Å²) in [4.78, 5) is 115. The highest BCUT2D eigenvalue weighted by molar-refractivity contribution is 6.05. The molecule has 0 saturated carbocycles. The van der Waals surface area contributed by atoms with E-state index in [1.54, 1.807) is 59.0 Å². The van der Waals surface area contributed by atoms with Crippen LogP contribution in [-0.4, -0.2) is 144 Å². The molecule has 0 spiro atoms. The maximum atomic E-state index is 14.6. The Morgan fingerprint density at radius 2 is 1.58 bits per heavy atom. The first kappa shape index (κ1) is 53.2. The number of esters is 2. The van der Waals surface area contributed by atoms with Crippen LogP contribution in [0.25, 0.3) is 0 Å². The molecule has 18 heteroatoms. The molecule has 18 nitrogen and oxygen atoms in total. The Morgan fingerprint density at radius 1 is 0.938 bits per heavy atom. The van der Waals surface area contributed by atoms with E-state index in [9.17, 15) is 43.5 Å². The van der Waals surface area contributed by atoms with Crippen molar-refractivity contribution < 1.29 is 57.7 Å². The van der Waals surface area contributed by atoms with Crippen LogP contribution >= 0.6 is 0 Å². The smallest absolute Gasteiger partial charge is 0.329 e. The number of hydrogen-bond donors (Lipinski definition) is 5. The number of nitrogens with one attached hydrogen (secondary N) is 4. The molecule has 0 aliphatic carbocycles. The van der Waals surface area contributed by atoms with Gasteiger partial charge in [-0.15, -0.1) is 0 Å². The van der Waals surface area contributed by atoms with Gasteiger partial charge in [-0.05, 0) is 82.5 Å². The number of hydrogen-bond acceptors (Lipinski definition) is 13. The minimum absolute atomic E-state index is 0.0494. The molecule has 2 aliphatic heterocycles. The topological polar surface area (TPSA) is 239 Å². The van der Waals surface area contributed by atoms with Gasteiger partial charge in [-0.25, -0.2) is 4.79 Å². The first-order valence-corrected chi connectivity index (χ1v) is 22.5. The number of carbonyl (C=O) groups is 8. The second kappa shape index (κ2) is 24.3. The van der Waals surface area contributed by atoms with E-state index < -0.39 is 126 Å². The minimum Gasteiger partial charge on any atom is -0.497 e. The van der Waals surface area contributed by atoms with Gasteiger partial charge in [0.05, 0.1) is 37.6 Å². The second-order valence-electron chi connectivity index (χ2n) is 18.0. The van der Waals surface area contributed by atoms with E-state index in [1.165, 1.54) is 37.8 Å². The molecule has 1 aromatic rings. The number of methoxy groups -OCH3 is 1. The molecular formula is C46H72N6O12. The van der Waals surface area contributed by atoms with Gasteiger partial charge < -0.3 is 50.4 Å². The van der Waals surface area contributed by atoms with Gasteiger partial charge in [0.25, 0.3) is 0 Å². The predicted octanol–water partition coefficient (Wildman–Crippen LogP) is 1.68. The summed E-state index contributed by atoms with van der Waals surface area (Å²) in [5.41, 5.74) is 0.629. The van der Waals surface area contributed by atoms with Gasteiger partial charge in [-0.1, -0.05) is 60.1 Å². The van der Waals surface area contributed by atoms with E-state index in [4.69, 9.17) is 14.2 Å². The maximum Gasteiger partial charge on any atom is 0.329 e. The molecule has 2 heterocycles. The van der Waals surface area contributed by atoms with E-state index in [1.807, 2.05) is 20.8 Å². The number of Topliss-reactive ketones (excluding diaryl/α,β-unsaturated/α-hetero) is 1. The standard InChI is InChI=1S/C46H72N6O12/c1-13-26(6)37-35(53)23-36(54)64-40(25(4)5)39(55)27(7)41(56)48-32(21-24(2)3)44(59)52-20-14-15-33(52)45(60)51(11)34(22-30-16-18-31(62-12)19-17-30)46(61)63-29(9)38(43(58)49-37)50-42(57)28(8)47-10/h16-19,24-29,32-35,37-38,40,47,53H,13-15,20-23H2,1-12H3,(H,48,56)(H,49,58)(H,50,57). The van der Waals surface area contributed by atoms with Crippen LogP contribution in [0.3, 0.4) is 0 Å². The maximum absolute atomic E-state index is 14.6. The fraction of sp³-hybridized carbons (Fsp3) is 0.696.